The Hall–Kier alpha value is -2.06. The van der Waals surface area contributed by atoms with Gasteiger partial charge in [-0.3, -0.25) is 4.90 Å². The zero-order valence-electron chi connectivity index (χ0n) is 14.5. The first-order valence-corrected chi connectivity index (χ1v) is 9.66. The van der Waals surface area contributed by atoms with Gasteiger partial charge in [0.05, 0.1) is 10.9 Å². The maximum Gasteiger partial charge on any atom is 0.230 e. The Morgan fingerprint density at radius 1 is 1.19 bits per heavy atom. The van der Waals surface area contributed by atoms with Crippen molar-refractivity contribution in [3.8, 4) is 5.88 Å². The highest BCUT2D eigenvalue weighted by Gasteiger charge is 2.30. The van der Waals surface area contributed by atoms with Crippen LogP contribution in [0.5, 0.6) is 5.88 Å². The van der Waals surface area contributed by atoms with Crippen molar-refractivity contribution >= 4 is 16.3 Å². The summed E-state index contributed by atoms with van der Waals surface area (Å²) in [4.78, 5) is 7.91. The summed E-state index contributed by atoms with van der Waals surface area (Å²) in [5.41, 5.74) is 0.626. The zero-order valence-corrected chi connectivity index (χ0v) is 15.3. The largest absolute Gasteiger partial charge is 0.492 e. The fourth-order valence-electron chi connectivity index (χ4n) is 3.51. The quantitative estimate of drug-likeness (QED) is 0.748. The number of halogens is 2. The van der Waals surface area contributed by atoms with E-state index in [-0.39, 0.29) is 11.9 Å². The van der Waals surface area contributed by atoms with Crippen LogP contribution in [0.15, 0.2) is 18.2 Å². The SMILES string of the molecule is CCc1nc2sc([C@@H](c3ccc(F)c(F)c3)N3CCCCC3)c(O)n2n1. The highest BCUT2D eigenvalue weighted by atomic mass is 32.1. The summed E-state index contributed by atoms with van der Waals surface area (Å²) in [7, 11) is 0. The van der Waals surface area contributed by atoms with Crippen molar-refractivity contribution < 1.29 is 13.9 Å². The number of rotatable bonds is 4. The standard InChI is InChI=1S/C18H20F2N4OS/c1-2-14-21-18-24(22-14)17(25)16(26-18)15(23-8-4-3-5-9-23)11-6-7-12(19)13(20)10-11/h6-7,10,15,25H,2-5,8-9H2,1H3/t15-/m1/s1. The molecule has 4 rings (SSSR count). The highest BCUT2D eigenvalue weighted by molar-refractivity contribution is 7.17. The van der Waals surface area contributed by atoms with Gasteiger partial charge in [0.15, 0.2) is 17.5 Å². The van der Waals surface area contributed by atoms with Gasteiger partial charge >= 0.3 is 0 Å². The van der Waals surface area contributed by atoms with E-state index in [2.05, 4.69) is 15.0 Å². The number of hydrogen-bond donors (Lipinski definition) is 1. The van der Waals surface area contributed by atoms with E-state index in [9.17, 15) is 13.9 Å². The first-order chi connectivity index (χ1) is 12.6. The first kappa shape index (κ1) is 17.4. The Bertz CT molecular complexity index is 933. The molecule has 1 atom stereocenters. The van der Waals surface area contributed by atoms with Crippen molar-refractivity contribution in [3.05, 3.63) is 46.1 Å². The molecule has 0 aliphatic carbocycles. The van der Waals surface area contributed by atoms with Crippen molar-refractivity contribution in [3.63, 3.8) is 0 Å². The highest BCUT2D eigenvalue weighted by Crippen LogP contribution is 2.41. The molecule has 0 unspecified atom stereocenters. The predicted octanol–water partition coefficient (Wildman–Crippen LogP) is 3.91. The number of aryl methyl sites for hydroxylation is 1. The monoisotopic (exact) mass is 378 g/mol. The van der Waals surface area contributed by atoms with Crippen molar-refractivity contribution in [1.82, 2.24) is 19.5 Å². The number of aromatic hydroxyl groups is 1. The van der Waals surface area contributed by atoms with Gasteiger partial charge in [0.2, 0.25) is 10.8 Å². The molecule has 0 spiro atoms. The lowest BCUT2D eigenvalue weighted by Gasteiger charge is -2.34. The smallest absolute Gasteiger partial charge is 0.230 e. The summed E-state index contributed by atoms with van der Waals surface area (Å²) < 4.78 is 28.8. The Morgan fingerprint density at radius 3 is 2.62 bits per heavy atom. The molecule has 138 valence electrons. The third-order valence-electron chi connectivity index (χ3n) is 4.82. The average molecular weight is 378 g/mol. The van der Waals surface area contributed by atoms with Gasteiger partial charge < -0.3 is 5.11 Å². The van der Waals surface area contributed by atoms with E-state index in [0.717, 1.165) is 38.4 Å². The summed E-state index contributed by atoms with van der Waals surface area (Å²) in [6, 6.07) is 3.61. The second-order valence-corrected chi connectivity index (χ2v) is 7.55. The Kier molecular flexibility index (Phi) is 4.62. The minimum atomic E-state index is -0.878. The predicted molar refractivity (Wildman–Crippen MR) is 95.5 cm³/mol. The van der Waals surface area contributed by atoms with E-state index < -0.39 is 11.6 Å². The van der Waals surface area contributed by atoms with Gasteiger partial charge in [-0.2, -0.15) is 4.52 Å². The molecule has 1 aliphatic heterocycles. The molecule has 5 nitrogen and oxygen atoms in total. The van der Waals surface area contributed by atoms with Gasteiger partial charge in [-0.25, -0.2) is 13.8 Å². The number of likely N-dealkylation sites (tertiary alicyclic amines) is 1. The lowest BCUT2D eigenvalue weighted by molar-refractivity contribution is 0.186. The molecule has 3 heterocycles. The van der Waals surface area contributed by atoms with Crippen LogP contribution in [0, 0.1) is 11.6 Å². The molecule has 1 aromatic carbocycles. The topological polar surface area (TPSA) is 53.7 Å². The van der Waals surface area contributed by atoms with E-state index in [0.29, 0.717) is 27.6 Å². The Morgan fingerprint density at radius 2 is 1.96 bits per heavy atom. The summed E-state index contributed by atoms with van der Waals surface area (Å²) >= 11 is 1.35. The van der Waals surface area contributed by atoms with Gasteiger partial charge in [0.25, 0.3) is 0 Å². The molecule has 3 aromatic rings. The summed E-state index contributed by atoms with van der Waals surface area (Å²) in [5, 5.41) is 15.1. The van der Waals surface area contributed by atoms with Gasteiger partial charge in [-0.05, 0) is 43.6 Å². The van der Waals surface area contributed by atoms with E-state index in [1.54, 1.807) is 6.07 Å². The first-order valence-electron chi connectivity index (χ1n) is 8.84. The number of thiazole rings is 1. The molecule has 2 aromatic heterocycles. The average Bonchev–Trinajstić information content (AvgIpc) is 3.19. The summed E-state index contributed by atoms with van der Waals surface area (Å²) in [6.07, 6.45) is 3.92. The summed E-state index contributed by atoms with van der Waals surface area (Å²) in [5.74, 6) is -1.06. The van der Waals surface area contributed by atoms with E-state index >= 15 is 0 Å². The Balaban J connectivity index is 1.83. The number of fused-ring (bicyclic) bond motifs is 1. The number of aromatic nitrogens is 3. The molecule has 1 N–H and O–H groups in total. The third-order valence-corrected chi connectivity index (χ3v) is 5.90. The van der Waals surface area contributed by atoms with E-state index in [4.69, 9.17) is 0 Å². The second-order valence-electron chi connectivity index (χ2n) is 6.54. The van der Waals surface area contributed by atoms with Crippen molar-refractivity contribution in [2.45, 2.75) is 38.6 Å². The molecule has 1 aliphatic rings. The lowest BCUT2D eigenvalue weighted by atomic mass is 10.00. The number of nitrogens with zero attached hydrogens (tertiary/aromatic N) is 4. The molecule has 0 radical (unpaired) electrons. The van der Waals surface area contributed by atoms with E-state index in [1.165, 1.54) is 21.9 Å². The number of piperidine rings is 1. The maximum atomic E-state index is 13.9. The molecular formula is C18H20F2N4OS. The van der Waals surface area contributed by atoms with Crippen LogP contribution in [0.1, 0.15) is 48.5 Å². The van der Waals surface area contributed by atoms with Crippen LogP contribution in [0.25, 0.3) is 4.96 Å². The van der Waals surface area contributed by atoms with Crippen LogP contribution < -0.4 is 0 Å². The number of hydrogen-bond acceptors (Lipinski definition) is 5. The van der Waals surface area contributed by atoms with Crippen molar-refractivity contribution in [2.75, 3.05) is 13.1 Å². The maximum absolute atomic E-state index is 13.9. The van der Waals surface area contributed by atoms with E-state index in [1.807, 2.05) is 6.92 Å². The molecule has 0 amide bonds. The van der Waals surface area contributed by atoms with Crippen LogP contribution in [0.4, 0.5) is 8.78 Å². The zero-order chi connectivity index (χ0) is 18.3. The fourth-order valence-corrected chi connectivity index (χ4v) is 4.64. The minimum absolute atomic E-state index is 0.0255. The van der Waals surface area contributed by atoms with Crippen LogP contribution in [-0.4, -0.2) is 37.7 Å². The van der Waals surface area contributed by atoms with Crippen LogP contribution in [-0.2, 0) is 6.42 Å². The molecule has 8 heteroatoms. The second kappa shape index (κ2) is 6.92. The number of benzene rings is 1. The molecule has 0 bridgehead atoms. The van der Waals surface area contributed by atoms with Crippen molar-refractivity contribution in [2.24, 2.45) is 0 Å². The molecular weight excluding hydrogens is 358 g/mol. The van der Waals surface area contributed by atoms with Crippen LogP contribution in [0.2, 0.25) is 0 Å². The third kappa shape index (κ3) is 2.97. The van der Waals surface area contributed by atoms with Gasteiger partial charge in [0, 0.05) is 6.42 Å². The Labute approximate surface area is 153 Å². The van der Waals surface area contributed by atoms with Gasteiger partial charge in [-0.15, -0.1) is 5.10 Å². The molecule has 26 heavy (non-hydrogen) atoms. The van der Waals surface area contributed by atoms with Crippen molar-refractivity contribution in [1.29, 1.82) is 0 Å². The van der Waals surface area contributed by atoms with Gasteiger partial charge in [0.1, 0.15) is 0 Å². The summed E-state index contributed by atoms with van der Waals surface area (Å²) in [6.45, 7) is 3.64. The lowest BCUT2D eigenvalue weighted by Crippen LogP contribution is -2.34. The van der Waals surface area contributed by atoms with Gasteiger partial charge in [-0.1, -0.05) is 30.7 Å². The molecule has 1 fully saturated rings. The molecule has 0 saturated carbocycles. The fraction of sp³-hybridized carbons (Fsp3) is 0.444. The molecule has 1 saturated heterocycles. The normalized spacial score (nSPS) is 17.0. The van der Waals surface area contributed by atoms with Crippen LogP contribution in [0.3, 0.4) is 0 Å². The van der Waals surface area contributed by atoms with Crippen LogP contribution >= 0.6 is 11.3 Å². The minimum Gasteiger partial charge on any atom is -0.492 e.